The molecule has 2 aliphatic rings. The Morgan fingerprint density at radius 1 is 1.09 bits per heavy atom. The van der Waals surface area contributed by atoms with Gasteiger partial charge in [-0.25, -0.2) is 0 Å². The predicted octanol–water partition coefficient (Wildman–Crippen LogP) is 3.45. The van der Waals surface area contributed by atoms with Crippen molar-refractivity contribution in [1.82, 2.24) is 0 Å². The fourth-order valence-corrected chi connectivity index (χ4v) is 2.22. The summed E-state index contributed by atoms with van der Waals surface area (Å²) in [5.41, 5.74) is 1.73. The highest BCUT2D eigenvalue weighted by molar-refractivity contribution is 5.16. The number of fused-ring (bicyclic) bond motifs is 1. The van der Waals surface area contributed by atoms with E-state index in [1.807, 2.05) is 0 Å². The number of hydrogen-bond donors (Lipinski definition) is 0. The Kier molecular flexibility index (Phi) is 2.11. The Balaban J connectivity index is 2.12. The van der Waals surface area contributed by atoms with Gasteiger partial charge in [0.2, 0.25) is 0 Å². The average Bonchev–Trinajstić information content (AvgIpc) is 2.28. The minimum atomic E-state index is 0.943. The predicted molar refractivity (Wildman–Crippen MR) is 48.4 cm³/mol. The molecule has 0 nitrogen and oxygen atoms in total. The van der Waals surface area contributed by atoms with Crippen LogP contribution in [0, 0.1) is 5.92 Å². The van der Waals surface area contributed by atoms with Crippen molar-refractivity contribution in [2.45, 2.75) is 38.5 Å². The fraction of sp³-hybridized carbons (Fsp3) is 0.636. The van der Waals surface area contributed by atoms with Crippen molar-refractivity contribution >= 4 is 0 Å². The van der Waals surface area contributed by atoms with Gasteiger partial charge < -0.3 is 0 Å². The van der Waals surface area contributed by atoms with E-state index in [1.165, 1.54) is 38.5 Å². The van der Waals surface area contributed by atoms with E-state index < -0.39 is 0 Å². The molecule has 2 aliphatic carbocycles. The molecule has 0 aliphatic heterocycles. The van der Waals surface area contributed by atoms with Crippen molar-refractivity contribution in [1.29, 1.82) is 0 Å². The molecule has 0 aromatic heterocycles. The molecule has 1 atom stereocenters. The smallest absolute Gasteiger partial charge is 0.0136 e. The Bertz CT molecular complexity index is 186. The second-order valence-electron chi connectivity index (χ2n) is 3.66. The van der Waals surface area contributed by atoms with Gasteiger partial charge in [0.15, 0.2) is 0 Å². The van der Waals surface area contributed by atoms with Gasteiger partial charge in [-0.2, -0.15) is 0 Å². The Morgan fingerprint density at radius 3 is 3.09 bits per heavy atom. The van der Waals surface area contributed by atoms with Crippen molar-refractivity contribution in [3.05, 3.63) is 23.8 Å². The van der Waals surface area contributed by atoms with Gasteiger partial charge in [-0.3, -0.25) is 0 Å². The fourth-order valence-electron chi connectivity index (χ4n) is 2.22. The molecule has 0 heterocycles. The SMILES string of the molecule is C1=CCC2=CCCCC2CC1. The molecule has 0 heteroatoms. The maximum atomic E-state index is 2.48. The van der Waals surface area contributed by atoms with Gasteiger partial charge in [-0.05, 0) is 44.4 Å². The molecule has 0 N–H and O–H groups in total. The number of allylic oxidation sites excluding steroid dienone is 4. The van der Waals surface area contributed by atoms with E-state index >= 15 is 0 Å². The molecule has 11 heavy (non-hydrogen) atoms. The highest BCUT2D eigenvalue weighted by Gasteiger charge is 2.16. The van der Waals surface area contributed by atoms with Crippen molar-refractivity contribution in [3.8, 4) is 0 Å². The zero-order chi connectivity index (χ0) is 7.52. The Morgan fingerprint density at radius 2 is 2.09 bits per heavy atom. The van der Waals surface area contributed by atoms with E-state index in [4.69, 9.17) is 0 Å². The first-order valence-electron chi connectivity index (χ1n) is 4.81. The molecule has 0 fully saturated rings. The van der Waals surface area contributed by atoms with Gasteiger partial charge in [-0.1, -0.05) is 23.8 Å². The average molecular weight is 148 g/mol. The molecule has 0 aromatic carbocycles. The van der Waals surface area contributed by atoms with Crippen LogP contribution in [-0.4, -0.2) is 0 Å². The first kappa shape index (κ1) is 7.15. The van der Waals surface area contributed by atoms with Crippen LogP contribution in [0.15, 0.2) is 23.8 Å². The van der Waals surface area contributed by atoms with Crippen LogP contribution in [-0.2, 0) is 0 Å². The van der Waals surface area contributed by atoms with E-state index in [9.17, 15) is 0 Å². The van der Waals surface area contributed by atoms with E-state index in [2.05, 4.69) is 18.2 Å². The van der Waals surface area contributed by atoms with Crippen molar-refractivity contribution < 1.29 is 0 Å². The van der Waals surface area contributed by atoms with Gasteiger partial charge >= 0.3 is 0 Å². The summed E-state index contributed by atoms with van der Waals surface area (Å²) in [6, 6.07) is 0. The van der Waals surface area contributed by atoms with Crippen LogP contribution in [0.25, 0.3) is 0 Å². The van der Waals surface area contributed by atoms with Crippen LogP contribution in [0.4, 0.5) is 0 Å². The van der Waals surface area contributed by atoms with Crippen molar-refractivity contribution in [2.24, 2.45) is 5.92 Å². The van der Waals surface area contributed by atoms with E-state index in [1.54, 1.807) is 5.57 Å². The van der Waals surface area contributed by atoms with Crippen LogP contribution in [0.1, 0.15) is 38.5 Å². The second-order valence-corrected chi connectivity index (χ2v) is 3.66. The summed E-state index contributed by atoms with van der Waals surface area (Å²) in [4.78, 5) is 0. The molecular formula is C11H16. The summed E-state index contributed by atoms with van der Waals surface area (Å²) >= 11 is 0. The summed E-state index contributed by atoms with van der Waals surface area (Å²) in [7, 11) is 0. The maximum absolute atomic E-state index is 2.48. The quantitative estimate of drug-likeness (QED) is 0.461. The number of hydrogen-bond acceptors (Lipinski definition) is 0. The summed E-state index contributed by atoms with van der Waals surface area (Å²) in [6.07, 6.45) is 15.3. The van der Waals surface area contributed by atoms with Crippen LogP contribution in [0.3, 0.4) is 0 Å². The van der Waals surface area contributed by atoms with Crippen molar-refractivity contribution in [3.63, 3.8) is 0 Å². The third kappa shape index (κ3) is 1.55. The van der Waals surface area contributed by atoms with E-state index in [0.717, 1.165) is 5.92 Å². The van der Waals surface area contributed by atoms with Gasteiger partial charge in [-0.15, -0.1) is 0 Å². The largest absolute Gasteiger partial charge is 0.0882 e. The zero-order valence-electron chi connectivity index (χ0n) is 7.05. The second kappa shape index (κ2) is 3.25. The van der Waals surface area contributed by atoms with Gasteiger partial charge in [0.05, 0.1) is 0 Å². The van der Waals surface area contributed by atoms with Crippen LogP contribution in [0.5, 0.6) is 0 Å². The lowest BCUT2D eigenvalue weighted by Crippen LogP contribution is -2.06. The van der Waals surface area contributed by atoms with E-state index in [-0.39, 0.29) is 0 Å². The lowest BCUT2D eigenvalue weighted by Gasteiger charge is -2.21. The monoisotopic (exact) mass is 148 g/mol. The maximum Gasteiger partial charge on any atom is -0.0136 e. The topological polar surface area (TPSA) is 0 Å². The zero-order valence-corrected chi connectivity index (χ0v) is 7.05. The summed E-state index contributed by atoms with van der Waals surface area (Å²) in [5.74, 6) is 0.943. The van der Waals surface area contributed by atoms with Crippen LogP contribution < -0.4 is 0 Å². The Hall–Kier alpha value is -0.520. The molecule has 0 spiro atoms. The summed E-state index contributed by atoms with van der Waals surface area (Å²) in [6.45, 7) is 0. The molecule has 0 aromatic rings. The molecule has 1 unspecified atom stereocenters. The molecule has 2 rings (SSSR count). The Labute approximate surface area is 69.0 Å². The summed E-state index contributed by atoms with van der Waals surface area (Å²) < 4.78 is 0. The molecule has 0 saturated heterocycles. The highest BCUT2D eigenvalue weighted by atomic mass is 14.2. The molecular weight excluding hydrogens is 132 g/mol. The normalized spacial score (nSPS) is 30.5. The molecule has 0 saturated carbocycles. The molecule has 60 valence electrons. The van der Waals surface area contributed by atoms with Gasteiger partial charge in [0.25, 0.3) is 0 Å². The third-order valence-corrected chi connectivity index (χ3v) is 2.89. The first-order valence-corrected chi connectivity index (χ1v) is 4.81. The highest BCUT2D eigenvalue weighted by Crippen LogP contribution is 2.32. The number of rotatable bonds is 0. The minimum absolute atomic E-state index is 0.943. The first-order chi connectivity index (χ1) is 5.47. The molecule has 0 bridgehead atoms. The standard InChI is InChI=1S/C11H16/c1-2-6-10-8-4-5-9-11(10)7-3-1/h1-2,8,11H,3-7,9H2. The van der Waals surface area contributed by atoms with Gasteiger partial charge in [0.1, 0.15) is 0 Å². The minimum Gasteiger partial charge on any atom is -0.0882 e. The molecule has 0 amide bonds. The lowest BCUT2D eigenvalue weighted by atomic mass is 9.84. The summed E-state index contributed by atoms with van der Waals surface area (Å²) in [5, 5.41) is 0. The van der Waals surface area contributed by atoms with E-state index in [0.29, 0.717) is 0 Å². The third-order valence-electron chi connectivity index (χ3n) is 2.89. The van der Waals surface area contributed by atoms with Crippen LogP contribution >= 0.6 is 0 Å². The van der Waals surface area contributed by atoms with Gasteiger partial charge in [0, 0.05) is 0 Å². The van der Waals surface area contributed by atoms with Crippen molar-refractivity contribution in [2.75, 3.05) is 0 Å². The van der Waals surface area contributed by atoms with Crippen LogP contribution in [0.2, 0.25) is 0 Å². The lowest BCUT2D eigenvalue weighted by molar-refractivity contribution is 0.480. The molecule has 0 radical (unpaired) electrons.